The van der Waals surface area contributed by atoms with Crippen molar-refractivity contribution in [3.63, 3.8) is 0 Å². The fourth-order valence-electron chi connectivity index (χ4n) is 5.83. The van der Waals surface area contributed by atoms with Crippen LogP contribution in [0.2, 0.25) is 0 Å². The van der Waals surface area contributed by atoms with Crippen molar-refractivity contribution in [1.29, 1.82) is 0 Å². The van der Waals surface area contributed by atoms with Gasteiger partial charge in [0.05, 0.1) is 11.4 Å². The number of para-hydroxylation sites is 2. The third kappa shape index (κ3) is 4.22. The van der Waals surface area contributed by atoms with E-state index in [9.17, 15) is 0 Å². The van der Waals surface area contributed by atoms with Gasteiger partial charge in [-0.3, -0.25) is 0 Å². The van der Waals surface area contributed by atoms with Gasteiger partial charge in [-0.15, -0.1) is 0 Å². The Bertz CT molecular complexity index is 1970. The van der Waals surface area contributed by atoms with Gasteiger partial charge in [-0.05, 0) is 69.4 Å². The van der Waals surface area contributed by atoms with E-state index in [1.807, 2.05) is 0 Å². The summed E-state index contributed by atoms with van der Waals surface area (Å²) in [6, 6.07) is 56.8. The fraction of sp³-hybridized carbons (Fsp3) is 0.0256. The lowest BCUT2D eigenvalue weighted by molar-refractivity contribution is 1.25. The Morgan fingerprint density at radius 2 is 1.02 bits per heavy atom. The van der Waals surface area contributed by atoms with Crippen LogP contribution in [0, 0.1) is 6.92 Å². The quantitative estimate of drug-likeness (QED) is 0.222. The van der Waals surface area contributed by atoms with Crippen LogP contribution in [0.4, 0.5) is 17.1 Å². The summed E-state index contributed by atoms with van der Waals surface area (Å²) in [4.78, 5) is 2.45. The van der Waals surface area contributed by atoms with Crippen LogP contribution < -0.4 is 4.90 Å². The molecular formula is C39H29N. The average molecular weight is 512 g/mol. The molecule has 0 fully saturated rings. The zero-order valence-corrected chi connectivity index (χ0v) is 22.5. The first-order chi connectivity index (χ1) is 19.8. The molecule has 7 aromatic carbocycles. The zero-order valence-electron chi connectivity index (χ0n) is 22.5. The second kappa shape index (κ2) is 10.2. The lowest BCUT2D eigenvalue weighted by atomic mass is 9.92. The zero-order chi connectivity index (χ0) is 26.9. The molecule has 0 aliphatic carbocycles. The molecule has 0 aliphatic rings. The van der Waals surface area contributed by atoms with E-state index in [1.165, 1.54) is 55.0 Å². The average Bonchev–Trinajstić information content (AvgIpc) is 3.02. The normalized spacial score (nSPS) is 11.1. The summed E-state index contributed by atoms with van der Waals surface area (Å²) < 4.78 is 0. The lowest BCUT2D eigenvalue weighted by Gasteiger charge is -2.31. The minimum atomic E-state index is 1.15. The highest BCUT2D eigenvalue weighted by Gasteiger charge is 2.23. The van der Waals surface area contributed by atoms with Gasteiger partial charge >= 0.3 is 0 Å². The van der Waals surface area contributed by atoms with Crippen LogP contribution in [-0.4, -0.2) is 0 Å². The number of aryl methyl sites for hydroxylation is 1. The third-order valence-corrected chi connectivity index (χ3v) is 7.77. The van der Waals surface area contributed by atoms with Crippen molar-refractivity contribution in [1.82, 2.24) is 0 Å². The van der Waals surface area contributed by atoms with Gasteiger partial charge in [0.2, 0.25) is 0 Å². The molecule has 0 atom stereocenters. The van der Waals surface area contributed by atoms with Crippen LogP contribution in [0.15, 0.2) is 158 Å². The van der Waals surface area contributed by atoms with Crippen molar-refractivity contribution in [2.24, 2.45) is 0 Å². The van der Waals surface area contributed by atoms with Crippen molar-refractivity contribution in [2.45, 2.75) is 6.92 Å². The predicted octanol–water partition coefficient (Wildman–Crippen LogP) is 11.1. The highest BCUT2D eigenvalue weighted by atomic mass is 15.1. The SMILES string of the molecule is Cc1ccccc1N(c1ccccc1-c1ccccc1)c1ccc2ccccc2c1-c1ccc2ccccc2c1. The molecule has 0 saturated heterocycles. The van der Waals surface area contributed by atoms with Gasteiger partial charge in [0.25, 0.3) is 0 Å². The maximum atomic E-state index is 2.45. The summed E-state index contributed by atoms with van der Waals surface area (Å²) >= 11 is 0. The number of hydrogen-bond acceptors (Lipinski definition) is 1. The van der Waals surface area contributed by atoms with Crippen LogP contribution >= 0.6 is 0 Å². The highest BCUT2D eigenvalue weighted by molar-refractivity contribution is 6.07. The monoisotopic (exact) mass is 511 g/mol. The van der Waals surface area contributed by atoms with Crippen LogP contribution in [0.1, 0.15) is 5.56 Å². The fourth-order valence-corrected chi connectivity index (χ4v) is 5.83. The first-order valence-electron chi connectivity index (χ1n) is 13.8. The summed E-state index contributed by atoms with van der Waals surface area (Å²) in [5, 5.41) is 4.96. The molecule has 190 valence electrons. The number of rotatable bonds is 5. The third-order valence-electron chi connectivity index (χ3n) is 7.77. The van der Waals surface area contributed by atoms with Crippen molar-refractivity contribution in [3.8, 4) is 22.3 Å². The van der Waals surface area contributed by atoms with E-state index in [2.05, 4.69) is 170 Å². The topological polar surface area (TPSA) is 3.24 Å². The summed E-state index contributed by atoms with van der Waals surface area (Å²) in [5.74, 6) is 0. The van der Waals surface area contributed by atoms with Gasteiger partial charge in [-0.2, -0.15) is 0 Å². The number of hydrogen-bond donors (Lipinski definition) is 0. The Balaban J connectivity index is 1.58. The number of fused-ring (bicyclic) bond motifs is 2. The molecule has 1 nitrogen and oxygen atoms in total. The van der Waals surface area contributed by atoms with Crippen LogP contribution in [-0.2, 0) is 0 Å². The van der Waals surface area contributed by atoms with Gasteiger partial charge in [-0.25, -0.2) is 0 Å². The minimum Gasteiger partial charge on any atom is -0.309 e. The van der Waals surface area contributed by atoms with Crippen molar-refractivity contribution >= 4 is 38.6 Å². The summed E-state index contributed by atoms with van der Waals surface area (Å²) in [5.41, 5.74) is 9.54. The summed E-state index contributed by atoms with van der Waals surface area (Å²) in [6.45, 7) is 2.20. The van der Waals surface area contributed by atoms with E-state index in [0.29, 0.717) is 0 Å². The molecule has 0 heterocycles. The van der Waals surface area contributed by atoms with Gasteiger partial charge in [0, 0.05) is 16.8 Å². The van der Waals surface area contributed by atoms with E-state index >= 15 is 0 Å². The van der Waals surface area contributed by atoms with Gasteiger partial charge in [0.15, 0.2) is 0 Å². The Morgan fingerprint density at radius 1 is 0.400 bits per heavy atom. The van der Waals surface area contributed by atoms with E-state index in [4.69, 9.17) is 0 Å². The van der Waals surface area contributed by atoms with Crippen LogP contribution in [0.5, 0.6) is 0 Å². The van der Waals surface area contributed by atoms with Crippen molar-refractivity contribution in [3.05, 3.63) is 163 Å². The molecule has 0 aromatic heterocycles. The molecular weight excluding hydrogens is 482 g/mol. The number of nitrogens with zero attached hydrogens (tertiary/aromatic N) is 1. The summed E-state index contributed by atoms with van der Waals surface area (Å²) in [7, 11) is 0. The highest BCUT2D eigenvalue weighted by Crippen LogP contribution is 2.47. The maximum Gasteiger partial charge on any atom is 0.0546 e. The predicted molar refractivity (Wildman–Crippen MR) is 172 cm³/mol. The molecule has 0 radical (unpaired) electrons. The first kappa shape index (κ1) is 23.9. The Morgan fingerprint density at radius 3 is 1.85 bits per heavy atom. The molecule has 0 amide bonds. The first-order valence-corrected chi connectivity index (χ1v) is 13.8. The van der Waals surface area contributed by atoms with Crippen LogP contribution in [0.25, 0.3) is 43.8 Å². The molecule has 0 aliphatic heterocycles. The Hall–Kier alpha value is -5.14. The van der Waals surface area contributed by atoms with E-state index in [0.717, 1.165) is 11.4 Å². The number of benzene rings is 7. The molecule has 40 heavy (non-hydrogen) atoms. The number of anilines is 3. The lowest BCUT2D eigenvalue weighted by Crippen LogP contribution is -2.14. The molecule has 0 unspecified atom stereocenters. The smallest absolute Gasteiger partial charge is 0.0546 e. The molecule has 0 bridgehead atoms. The Labute approximate surface area is 235 Å². The molecule has 7 aromatic rings. The molecule has 1 heteroatoms. The Kier molecular flexibility index (Phi) is 6.11. The van der Waals surface area contributed by atoms with E-state index in [-0.39, 0.29) is 0 Å². The van der Waals surface area contributed by atoms with E-state index < -0.39 is 0 Å². The maximum absolute atomic E-state index is 2.45. The standard InChI is InChI=1S/C39H29N/c1-28-13-5-11-21-36(28)40(37-22-12-10-19-34(37)30-15-3-2-4-16-30)38-26-25-31-17-8-9-20-35(31)39(38)33-24-23-29-14-6-7-18-32(29)27-33/h2-27H,1H3. The van der Waals surface area contributed by atoms with Crippen molar-refractivity contribution < 1.29 is 0 Å². The molecule has 0 N–H and O–H groups in total. The second-order valence-electron chi connectivity index (χ2n) is 10.2. The van der Waals surface area contributed by atoms with Gasteiger partial charge in [-0.1, -0.05) is 133 Å². The van der Waals surface area contributed by atoms with Gasteiger partial charge in [0.1, 0.15) is 0 Å². The molecule has 0 saturated carbocycles. The van der Waals surface area contributed by atoms with Gasteiger partial charge < -0.3 is 4.90 Å². The summed E-state index contributed by atoms with van der Waals surface area (Å²) in [6.07, 6.45) is 0. The second-order valence-corrected chi connectivity index (χ2v) is 10.2. The van der Waals surface area contributed by atoms with Crippen molar-refractivity contribution in [2.75, 3.05) is 4.90 Å². The molecule has 0 spiro atoms. The van der Waals surface area contributed by atoms with Crippen LogP contribution in [0.3, 0.4) is 0 Å². The minimum absolute atomic E-state index is 1.15. The molecule has 7 rings (SSSR count). The largest absolute Gasteiger partial charge is 0.309 e. The van der Waals surface area contributed by atoms with E-state index in [1.54, 1.807) is 0 Å².